The Labute approximate surface area is 98.9 Å². The number of carbonyl (C=O) groups excluding carboxylic acids is 1. The third kappa shape index (κ3) is 1.47. The molecule has 1 aromatic carbocycles. The fourth-order valence-corrected chi connectivity index (χ4v) is 2.57. The molecule has 3 nitrogen and oxygen atoms in total. The molecule has 3 rings (SSSR count). The number of amides is 1. The Bertz CT molecular complexity index is 447. The number of hydrogen-bond donors (Lipinski definition) is 0. The lowest BCUT2D eigenvalue weighted by Crippen LogP contribution is -2.36. The van der Waals surface area contributed by atoms with Gasteiger partial charge in [-0.15, -0.1) is 0 Å². The molecule has 84 valence electrons. The number of rotatable bonds is 0. The minimum Gasteiger partial charge on any atom is -0.491 e. The van der Waals surface area contributed by atoms with Gasteiger partial charge in [0.1, 0.15) is 12.4 Å². The lowest BCUT2D eigenvalue weighted by atomic mass is 10.2. The smallest absolute Gasteiger partial charge is 0.257 e. The van der Waals surface area contributed by atoms with Crippen LogP contribution in [0.3, 0.4) is 0 Å². The predicted molar refractivity (Wildman–Crippen MR) is 61.0 cm³/mol. The van der Waals surface area contributed by atoms with Crippen molar-refractivity contribution in [3.8, 4) is 5.75 Å². The molecule has 0 spiro atoms. The molecule has 2 aliphatic heterocycles. The van der Waals surface area contributed by atoms with Crippen LogP contribution in [0.5, 0.6) is 5.75 Å². The van der Waals surface area contributed by atoms with Crippen molar-refractivity contribution < 1.29 is 9.53 Å². The van der Waals surface area contributed by atoms with Gasteiger partial charge in [-0.25, -0.2) is 0 Å². The van der Waals surface area contributed by atoms with Crippen molar-refractivity contribution in [1.29, 1.82) is 0 Å². The second-order valence-corrected chi connectivity index (χ2v) is 4.68. The summed E-state index contributed by atoms with van der Waals surface area (Å²) in [7, 11) is 0. The fraction of sp³-hybridized carbons (Fsp3) is 0.417. The van der Waals surface area contributed by atoms with Crippen molar-refractivity contribution in [3.63, 3.8) is 0 Å². The van der Waals surface area contributed by atoms with E-state index in [-0.39, 0.29) is 11.9 Å². The molecule has 0 aliphatic carbocycles. The van der Waals surface area contributed by atoms with Crippen molar-refractivity contribution in [2.45, 2.75) is 18.9 Å². The van der Waals surface area contributed by atoms with Gasteiger partial charge in [-0.2, -0.15) is 0 Å². The topological polar surface area (TPSA) is 29.5 Å². The van der Waals surface area contributed by atoms with Gasteiger partial charge in [0, 0.05) is 11.6 Å². The van der Waals surface area contributed by atoms with Gasteiger partial charge in [0.2, 0.25) is 0 Å². The summed E-state index contributed by atoms with van der Waals surface area (Å²) in [4.78, 5) is 14.1. The molecule has 1 saturated heterocycles. The minimum absolute atomic E-state index is 0.0756. The standard InChI is InChI=1S/C12H12ClNO2/c13-8-3-4-10-11(6-8)16-7-9-2-1-5-14(9)12(10)15/h3-4,6,9H,1-2,5,7H2/t9-/m1/s1. The lowest BCUT2D eigenvalue weighted by molar-refractivity contribution is 0.0726. The quantitative estimate of drug-likeness (QED) is 0.693. The van der Waals surface area contributed by atoms with Gasteiger partial charge in [-0.1, -0.05) is 11.6 Å². The minimum atomic E-state index is 0.0756. The summed E-state index contributed by atoms with van der Waals surface area (Å²) in [5.41, 5.74) is 0.633. The average Bonchev–Trinajstić information content (AvgIpc) is 2.69. The van der Waals surface area contributed by atoms with Gasteiger partial charge in [0.05, 0.1) is 11.6 Å². The van der Waals surface area contributed by atoms with E-state index >= 15 is 0 Å². The summed E-state index contributed by atoms with van der Waals surface area (Å²) in [5.74, 6) is 0.693. The van der Waals surface area contributed by atoms with E-state index in [0.29, 0.717) is 22.9 Å². The summed E-state index contributed by atoms with van der Waals surface area (Å²) in [5, 5.41) is 0.605. The second kappa shape index (κ2) is 3.67. The zero-order chi connectivity index (χ0) is 11.1. The maximum Gasteiger partial charge on any atom is 0.257 e. The molecule has 4 heteroatoms. The first-order valence-corrected chi connectivity index (χ1v) is 5.87. The molecule has 0 unspecified atom stereocenters. The third-order valence-corrected chi connectivity index (χ3v) is 3.48. The van der Waals surface area contributed by atoms with Crippen LogP contribution in [-0.4, -0.2) is 30.0 Å². The summed E-state index contributed by atoms with van der Waals surface area (Å²) < 4.78 is 5.67. The Balaban J connectivity index is 2.05. The molecule has 1 fully saturated rings. The molecule has 0 radical (unpaired) electrons. The zero-order valence-corrected chi connectivity index (χ0v) is 9.54. The van der Waals surface area contributed by atoms with Crippen LogP contribution >= 0.6 is 11.6 Å². The number of hydrogen-bond acceptors (Lipinski definition) is 2. The zero-order valence-electron chi connectivity index (χ0n) is 8.78. The van der Waals surface area contributed by atoms with Gasteiger partial charge in [0.25, 0.3) is 5.91 Å². The lowest BCUT2D eigenvalue weighted by Gasteiger charge is -2.20. The number of fused-ring (bicyclic) bond motifs is 2. The molecule has 1 aromatic rings. The molecule has 0 saturated carbocycles. The maximum absolute atomic E-state index is 12.2. The molecular formula is C12H12ClNO2. The van der Waals surface area contributed by atoms with E-state index in [4.69, 9.17) is 16.3 Å². The fourth-order valence-electron chi connectivity index (χ4n) is 2.41. The largest absolute Gasteiger partial charge is 0.491 e. The van der Waals surface area contributed by atoms with Crippen LogP contribution in [0, 0.1) is 0 Å². The molecule has 0 N–H and O–H groups in total. The molecular weight excluding hydrogens is 226 g/mol. The molecule has 0 aromatic heterocycles. The van der Waals surface area contributed by atoms with E-state index in [1.807, 2.05) is 4.90 Å². The van der Waals surface area contributed by atoms with E-state index in [1.165, 1.54) is 0 Å². The molecule has 16 heavy (non-hydrogen) atoms. The van der Waals surface area contributed by atoms with Crippen LogP contribution in [0.2, 0.25) is 5.02 Å². The molecule has 0 bridgehead atoms. The molecule has 2 aliphatic rings. The van der Waals surface area contributed by atoms with Gasteiger partial charge in [-0.05, 0) is 31.0 Å². The van der Waals surface area contributed by atoms with Crippen LogP contribution in [0.4, 0.5) is 0 Å². The average molecular weight is 238 g/mol. The molecule has 2 heterocycles. The Morgan fingerprint density at radius 1 is 1.44 bits per heavy atom. The predicted octanol–water partition coefficient (Wildman–Crippen LogP) is 2.34. The second-order valence-electron chi connectivity index (χ2n) is 4.25. The first-order valence-electron chi connectivity index (χ1n) is 5.49. The summed E-state index contributed by atoms with van der Waals surface area (Å²) >= 11 is 5.89. The molecule has 1 atom stereocenters. The third-order valence-electron chi connectivity index (χ3n) is 3.24. The van der Waals surface area contributed by atoms with Crippen LogP contribution in [0.1, 0.15) is 23.2 Å². The summed E-state index contributed by atoms with van der Waals surface area (Å²) in [6.07, 6.45) is 2.11. The van der Waals surface area contributed by atoms with Crippen molar-refractivity contribution in [1.82, 2.24) is 4.90 Å². The first kappa shape index (κ1) is 9.97. The monoisotopic (exact) mass is 237 g/mol. The van der Waals surface area contributed by atoms with E-state index in [1.54, 1.807) is 18.2 Å². The van der Waals surface area contributed by atoms with Crippen molar-refractivity contribution >= 4 is 17.5 Å². The van der Waals surface area contributed by atoms with Crippen LogP contribution < -0.4 is 4.74 Å². The highest BCUT2D eigenvalue weighted by atomic mass is 35.5. The number of benzene rings is 1. The number of nitrogens with zero attached hydrogens (tertiary/aromatic N) is 1. The van der Waals surface area contributed by atoms with Crippen LogP contribution in [0.25, 0.3) is 0 Å². The van der Waals surface area contributed by atoms with E-state index in [9.17, 15) is 4.79 Å². The Hall–Kier alpha value is -1.22. The van der Waals surface area contributed by atoms with E-state index < -0.39 is 0 Å². The number of halogens is 1. The van der Waals surface area contributed by atoms with Gasteiger partial charge < -0.3 is 9.64 Å². The highest BCUT2D eigenvalue weighted by Crippen LogP contribution is 2.31. The first-order chi connectivity index (χ1) is 7.75. The van der Waals surface area contributed by atoms with E-state index in [2.05, 4.69) is 0 Å². The highest BCUT2D eigenvalue weighted by molar-refractivity contribution is 6.30. The van der Waals surface area contributed by atoms with E-state index in [0.717, 1.165) is 19.4 Å². The van der Waals surface area contributed by atoms with Crippen LogP contribution in [0.15, 0.2) is 18.2 Å². The Morgan fingerprint density at radius 2 is 2.31 bits per heavy atom. The summed E-state index contributed by atoms with van der Waals surface area (Å²) in [6, 6.07) is 5.44. The number of carbonyl (C=O) groups is 1. The van der Waals surface area contributed by atoms with Crippen molar-refractivity contribution in [2.75, 3.05) is 13.2 Å². The SMILES string of the molecule is O=C1c2ccc(Cl)cc2OC[C@H]2CCCN12. The maximum atomic E-state index is 12.2. The van der Waals surface area contributed by atoms with Crippen LogP contribution in [-0.2, 0) is 0 Å². The number of ether oxygens (including phenoxy) is 1. The van der Waals surface area contributed by atoms with Crippen molar-refractivity contribution in [3.05, 3.63) is 28.8 Å². The van der Waals surface area contributed by atoms with Gasteiger partial charge >= 0.3 is 0 Å². The Morgan fingerprint density at radius 3 is 3.19 bits per heavy atom. The Kier molecular flexibility index (Phi) is 2.28. The van der Waals surface area contributed by atoms with Gasteiger partial charge in [-0.3, -0.25) is 4.79 Å². The van der Waals surface area contributed by atoms with Gasteiger partial charge in [0.15, 0.2) is 0 Å². The van der Waals surface area contributed by atoms with Crippen molar-refractivity contribution in [2.24, 2.45) is 0 Å². The molecule has 1 amide bonds. The summed E-state index contributed by atoms with van der Waals surface area (Å²) in [6.45, 7) is 1.42. The normalized spacial score (nSPS) is 23.4. The highest BCUT2D eigenvalue weighted by Gasteiger charge is 2.34.